The monoisotopic (exact) mass is 299 g/mol. The van der Waals surface area contributed by atoms with Crippen molar-refractivity contribution < 1.29 is 23.1 Å². The first-order valence-corrected chi connectivity index (χ1v) is 7.87. The maximum absolute atomic E-state index is 12.3. The molecule has 6 nitrogen and oxygen atoms in total. The molecule has 1 N–H and O–H groups in total. The first-order valence-electron chi connectivity index (χ1n) is 6.05. The summed E-state index contributed by atoms with van der Waals surface area (Å²) in [4.78, 5) is 24.4. The third kappa shape index (κ3) is 3.61. The Hall–Kier alpha value is -1.81. The quantitative estimate of drug-likeness (QED) is 0.585. The van der Waals surface area contributed by atoms with Gasteiger partial charge in [-0.3, -0.25) is 4.79 Å². The molecule has 1 heterocycles. The van der Waals surface area contributed by atoms with Crippen LogP contribution >= 0.6 is 0 Å². The first kappa shape index (κ1) is 16.2. The summed E-state index contributed by atoms with van der Waals surface area (Å²) in [6.07, 6.45) is 5.54. The second-order valence-corrected chi connectivity index (χ2v) is 6.98. The van der Waals surface area contributed by atoms with E-state index in [1.807, 2.05) is 0 Å². The van der Waals surface area contributed by atoms with Crippen molar-refractivity contribution in [3.05, 3.63) is 11.1 Å². The van der Waals surface area contributed by atoms with Crippen molar-refractivity contribution in [1.29, 1.82) is 0 Å². The normalized spacial score (nSPS) is 21.8. The van der Waals surface area contributed by atoms with Crippen molar-refractivity contribution in [2.75, 3.05) is 18.1 Å². The molecule has 0 radical (unpaired) electrons. The van der Waals surface area contributed by atoms with E-state index in [2.05, 4.69) is 5.92 Å². The highest BCUT2D eigenvalue weighted by Gasteiger charge is 2.35. The molecule has 0 aliphatic carbocycles. The number of rotatable bonds is 4. The van der Waals surface area contributed by atoms with Gasteiger partial charge in [-0.15, -0.1) is 6.42 Å². The van der Waals surface area contributed by atoms with Crippen molar-refractivity contribution in [2.24, 2.45) is 0 Å². The van der Waals surface area contributed by atoms with Crippen molar-refractivity contribution in [3.8, 4) is 12.3 Å². The van der Waals surface area contributed by atoms with Crippen LogP contribution in [-0.4, -0.2) is 54.4 Å². The number of carboxylic acid groups (broad SMARTS) is 1. The number of amides is 1. The molecule has 1 fully saturated rings. The Morgan fingerprint density at radius 1 is 1.35 bits per heavy atom. The van der Waals surface area contributed by atoms with Crippen LogP contribution in [0.1, 0.15) is 20.3 Å². The van der Waals surface area contributed by atoms with E-state index in [0.29, 0.717) is 6.42 Å². The minimum Gasteiger partial charge on any atom is -0.478 e. The SMILES string of the molecule is C#CCN(C(=O)C(C)=C(C)C(=O)O)C1CCS(=O)(=O)C1. The van der Waals surface area contributed by atoms with Gasteiger partial charge in [0.2, 0.25) is 0 Å². The summed E-state index contributed by atoms with van der Waals surface area (Å²) in [5, 5.41) is 8.90. The fourth-order valence-corrected chi connectivity index (χ4v) is 3.75. The van der Waals surface area contributed by atoms with Crippen LogP contribution in [0.2, 0.25) is 0 Å². The van der Waals surface area contributed by atoms with Crippen LogP contribution in [0.15, 0.2) is 11.1 Å². The van der Waals surface area contributed by atoms with E-state index in [9.17, 15) is 18.0 Å². The molecule has 1 unspecified atom stereocenters. The second-order valence-electron chi connectivity index (χ2n) is 4.75. The predicted octanol–water partition coefficient (Wildman–Crippen LogP) is 0.0563. The lowest BCUT2D eigenvalue weighted by Gasteiger charge is -2.26. The number of hydrogen-bond donors (Lipinski definition) is 1. The molecule has 20 heavy (non-hydrogen) atoms. The number of hydrogen-bond acceptors (Lipinski definition) is 4. The Morgan fingerprint density at radius 3 is 2.35 bits per heavy atom. The van der Waals surface area contributed by atoms with Gasteiger partial charge in [0, 0.05) is 17.2 Å². The van der Waals surface area contributed by atoms with Crippen LogP contribution < -0.4 is 0 Å². The largest absolute Gasteiger partial charge is 0.478 e. The maximum Gasteiger partial charge on any atom is 0.331 e. The van der Waals surface area contributed by atoms with E-state index >= 15 is 0 Å². The Balaban J connectivity index is 3.04. The summed E-state index contributed by atoms with van der Waals surface area (Å²) in [6, 6.07) is -0.486. The molecule has 7 heteroatoms. The van der Waals surface area contributed by atoms with Crippen molar-refractivity contribution in [1.82, 2.24) is 4.90 Å². The topological polar surface area (TPSA) is 91.8 Å². The van der Waals surface area contributed by atoms with Crippen molar-refractivity contribution in [2.45, 2.75) is 26.3 Å². The fourth-order valence-electron chi connectivity index (χ4n) is 2.02. The van der Waals surface area contributed by atoms with Gasteiger partial charge in [0.1, 0.15) is 0 Å². The van der Waals surface area contributed by atoms with E-state index in [1.165, 1.54) is 18.7 Å². The number of aliphatic carboxylic acids is 1. The zero-order chi connectivity index (χ0) is 15.5. The van der Waals surface area contributed by atoms with E-state index in [0.717, 1.165) is 0 Å². The molecule has 1 amide bonds. The highest BCUT2D eigenvalue weighted by molar-refractivity contribution is 7.91. The van der Waals surface area contributed by atoms with E-state index in [4.69, 9.17) is 11.5 Å². The molecule has 0 saturated carbocycles. The summed E-state index contributed by atoms with van der Waals surface area (Å²) in [7, 11) is -3.15. The molecular weight excluding hydrogens is 282 g/mol. The third-order valence-corrected chi connectivity index (χ3v) is 5.13. The summed E-state index contributed by atoms with van der Waals surface area (Å²) >= 11 is 0. The number of carbonyl (C=O) groups excluding carboxylic acids is 1. The lowest BCUT2D eigenvalue weighted by atomic mass is 10.1. The van der Waals surface area contributed by atoms with Gasteiger partial charge in [-0.1, -0.05) is 5.92 Å². The van der Waals surface area contributed by atoms with Crippen molar-refractivity contribution in [3.63, 3.8) is 0 Å². The van der Waals surface area contributed by atoms with Gasteiger partial charge in [0.05, 0.1) is 18.1 Å². The molecule has 110 valence electrons. The van der Waals surface area contributed by atoms with Gasteiger partial charge in [0.25, 0.3) is 5.91 Å². The van der Waals surface area contributed by atoms with Crippen LogP contribution in [-0.2, 0) is 19.4 Å². The Labute approximate surface area is 118 Å². The average Bonchev–Trinajstić information content (AvgIpc) is 2.73. The predicted molar refractivity (Wildman–Crippen MR) is 73.6 cm³/mol. The molecular formula is C13H17NO5S. The van der Waals surface area contributed by atoms with Crippen molar-refractivity contribution >= 4 is 21.7 Å². The lowest BCUT2D eigenvalue weighted by molar-refractivity contribution is -0.134. The Bertz CT molecular complexity index is 597. The van der Waals surface area contributed by atoms with Gasteiger partial charge in [0.15, 0.2) is 9.84 Å². The number of carbonyl (C=O) groups is 2. The van der Waals surface area contributed by atoms with E-state index < -0.39 is 27.8 Å². The fraction of sp³-hybridized carbons (Fsp3) is 0.538. The Morgan fingerprint density at radius 2 is 1.95 bits per heavy atom. The summed E-state index contributed by atoms with van der Waals surface area (Å²) in [6.45, 7) is 2.69. The third-order valence-electron chi connectivity index (χ3n) is 3.38. The number of terminal acetylenes is 1. The molecule has 0 spiro atoms. The molecule has 1 saturated heterocycles. The first-order chi connectivity index (χ1) is 9.19. The molecule has 0 aromatic rings. The van der Waals surface area contributed by atoms with Crippen LogP contribution in [0.25, 0.3) is 0 Å². The molecule has 0 aromatic carbocycles. The molecule has 0 bridgehead atoms. The van der Waals surface area contributed by atoms with Crippen LogP contribution in [0.3, 0.4) is 0 Å². The zero-order valence-corrected chi connectivity index (χ0v) is 12.2. The highest BCUT2D eigenvalue weighted by Crippen LogP contribution is 2.20. The summed E-state index contributed by atoms with van der Waals surface area (Å²) in [5.74, 6) is 0.504. The molecule has 0 aromatic heterocycles. The van der Waals surface area contributed by atoms with Crippen LogP contribution in [0.5, 0.6) is 0 Å². The molecule has 1 rings (SSSR count). The van der Waals surface area contributed by atoms with Crippen LogP contribution in [0, 0.1) is 12.3 Å². The van der Waals surface area contributed by atoms with Gasteiger partial charge in [-0.05, 0) is 20.3 Å². The molecule has 1 atom stereocenters. The molecule has 1 aliphatic rings. The van der Waals surface area contributed by atoms with Gasteiger partial charge in [-0.25, -0.2) is 13.2 Å². The Kier molecular flexibility index (Phi) is 4.95. The van der Waals surface area contributed by atoms with E-state index in [1.54, 1.807) is 0 Å². The maximum atomic E-state index is 12.3. The minimum atomic E-state index is -3.15. The van der Waals surface area contributed by atoms with E-state index in [-0.39, 0.29) is 29.2 Å². The summed E-state index contributed by atoms with van der Waals surface area (Å²) < 4.78 is 23.0. The van der Waals surface area contributed by atoms with Gasteiger partial charge < -0.3 is 10.0 Å². The van der Waals surface area contributed by atoms with Gasteiger partial charge >= 0.3 is 5.97 Å². The standard InChI is InChI=1S/C13H17NO5S/c1-4-6-14(11-5-7-20(18,19)8-11)12(15)9(2)10(3)13(16)17/h1,11H,5-8H2,2-3H3,(H,16,17). The number of nitrogens with zero attached hydrogens (tertiary/aromatic N) is 1. The summed E-state index contributed by atoms with van der Waals surface area (Å²) in [5.41, 5.74) is -0.00470. The van der Waals surface area contributed by atoms with Gasteiger partial charge in [-0.2, -0.15) is 0 Å². The van der Waals surface area contributed by atoms with Crippen LogP contribution in [0.4, 0.5) is 0 Å². The number of carboxylic acids is 1. The highest BCUT2D eigenvalue weighted by atomic mass is 32.2. The lowest BCUT2D eigenvalue weighted by Crippen LogP contribution is -2.42. The minimum absolute atomic E-state index is 0.0205. The smallest absolute Gasteiger partial charge is 0.331 e. The average molecular weight is 299 g/mol. The molecule has 1 aliphatic heterocycles. The second kappa shape index (κ2) is 6.09. The number of sulfone groups is 1. The zero-order valence-electron chi connectivity index (χ0n) is 11.4.